The smallest absolute Gasteiger partial charge is 0.417 e. The Hall–Kier alpha value is -2.03. The van der Waals surface area contributed by atoms with Crippen molar-refractivity contribution in [2.75, 3.05) is 7.11 Å². The van der Waals surface area contributed by atoms with Gasteiger partial charge in [-0.25, -0.2) is 4.79 Å². The van der Waals surface area contributed by atoms with Crippen LogP contribution in [-0.2, 0) is 10.9 Å². The minimum Gasteiger partial charge on any atom is -0.465 e. The summed E-state index contributed by atoms with van der Waals surface area (Å²) < 4.78 is 42.7. The number of halogens is 3. The maximum atomic E-state index is 12.8. The zero-order chi connectivity index (χ0) is 13.2. The van der Waals surface area contributed by atoms with Crippen LogP contribution < -0.4 is 0 Å². The fourth-order valence-electron chi connectivity index (χ4n) is 1.48. The molecule has 3 nitrogen and oxygen atoms in total. The number of carbonyl (C=O) groups excluding carboxylic acids is 1. The molecule has 0 radical (unpaired) electrons. The van der Waals surface area contributed by atoms with Gasteiger partial charge in [0, 0.05) is 0 Å². The van der Waals surface area contributed by atoms with E-state index in [1.54, 1.807) is 6.07 Å². The fraction of sp³-hybridized carbons (Fsp3) is 0.273. The average molecular weight is 243 g/mol. The van der Waals surface area contributed by atoms with Gasteiger partial charge in [0.1, 0.15) is 0 Å². The van der Waals surface area contributed by atoms with Gasteiger partial charge >= 0.3 is 12.1 Å². The maximum absolute atomic E-state index is 12.8. The predicted octanol–water partition coefficient (Wildman–Crippen LogP) is 2.67. The molecule has 0 aliphatic rings. The zero-order valence-corrected chi connectivity index (χ0v) is 9.05. The van der Waals surface area contributed by atoms with Crippen LogP contribution in [0, 0.1) is 18.3 Å². The lowest BCUT2D eigenvalue weighted by molar-refractivity contribution is -0.138. The van der Waals surface area contributed by atoms with Crippen LogP contribution in [0.2, 0.25) is 0 Å². The van der Waals surface area contributed by atoms with Crippen molar-refractivity contribution < 1.29 is 22.7 Å². The Kier molecular flexibility index (Phi) is 3.42. The van der Waals surface area contributed by atoms with E-state index in [0.717, 1.165) is 26.2 Å². The molecule has 0 aromatic heterocycles. The quantitative estimate of drug-likeness (QED) is 0.712. The molecule has 0 fully saturated rings. The molecule has 90 valence electrons. The highest BCUT2D eigenvalue weighted by Crippen LogP contribution is 2.36. The SMILES string of the molecule is COC(=O)c1ccc(C#N)c(C)c1C(F)(F)F. The van der Waals surface area contributed by atoms with Crippen molar-refractivity contribution >= 4 is 5.97 Å². The minimum atomic E-state index is -4.71. The fourth-order valence-corrected chi connectivity index (χ4v) is 1.48. The van der Waals surface area contributed by atoms with Crippen LogP contribution in [0.3, 0.4) is 0 Å². The second kappa shape index (κ2) is 4.45. The molecule has 1 aromatic carbocycles. The Morgan fingerprint density at radius 2 is 2.00 bits per heavy atom. The van der Waals surface area contributed by atoms with Gasteiger partial charge in [-0.15, -0.1) is 0 Å². The Morgan fingerprint density at radius 1 is 1.41 bits per heavy atom. The molecular formula is C11H8F3NO2. The van der Waals surface area contributed by atoms with Crippen LogP contribution in [-0.4, -0.2) is 13.1 Å². The van der Waals surface area contributed by atoms with E-state index in [1.807, 2.05) is 0 Å². The number of nitrogens with zero attached hydrogens (tertiary/aromatic N) is 1. The molecule has 0 saturated carbocycles. The standard InChI is InChI=1S/C11H8F3NO2/c1-6-7(5-15)3-4-8(10(16)17-2)9(6)11(12,13)14/h3-4H,1-2H3. The molecule has 1 aromatic rings. The van der Waals surface area contributed by atoms with E-state index in [-0.39, 0.29) is 11.1 Å². The summed E-state index contributed by atoms with van der Waals surface area (Å²) in [6, 6.07) is 3.75. The van der Waals surface area contributed by atoms with Crippen LogP contribution in [0.1, 0.15) is 27.0 Å². The molecule has 0 aliphatic heterocycles. The summed E-state index contributed by atoms with van der Waals surface area (Å²) in [4.78, 5) is 11.2. The third-order valence-electron chi connectivity index (χ3n) is 2.27. The zero-order valence-electron chi connectivity index (χ0n) is 9.05. The number of nitriles is 1. The number of hydrogen-bond donors (Lipinski definition) is 0. The molecule has 0 saturated heterocycles. The molecule has 0 N–H and O–H groups in total. The van der Waals surface area contributed by atoms with E-state index in [4.69, 9.17) is 5.26 Å². The first kappa shape index (κ1) is 13.0. The Labute approximate surface area is 95.4 Å². The van der Waals surface area contributed by atoms with Gasteiger partial charge in [-0.3, -0.25) is 0 Å². The highest BCUT2D eigenvalue weighted by Gasteiger charge is 2.38. The van der Waals surface area contributed by atoms with Crippen LogP contribution in [0.15, 0.2) is 12.1 Å². The van der Waals surface area contributed by atoms with E-state index >= 15 is 0 Å². The lowest BCUT2D eigenvalue weighted by Gasteiger charge is -2.15. The molecule has 0 aliphatic carbocycles. The van der Waals surface area contributed by atoms with Crippen molar-refractivity contribution in [3.63, 3.8) is 0 Å². The van der Waals surface area contributed by atoms with Gasteiger partial charge in [-0.2, -0.15) is 18.4 Å². The summed E-state index contributed by atoms with van der Waals surface area (Å²) in [7, 11) is 0.996. The molecule has 17 heavy (non-hydrogen) atoms. The topological polar surface area (TPSA) is 50.1 Å². The van der Waals surface area contributed by atoms with Crippen LogP contribution in [0.5, 0.6) is 0 Å². The van der Waals surface area contributed by atoms with E-state index < -0.39 is 23.3 Å². The normalized spacial score (nSPS) is 10.8. The van der Waals surface area contributed by atoms with E-state index in [2.05, 4.69) is 4.74 Å². The highest BCUT2D eigenvalue weighted by atomic mass is 19.4. The average Bonchev–Trinajstić information content (AvgIpc) is 2.25. The minimum absolute atomic E-state index is 0.120. The van der Waals surface area contributed by atoms with Gasteiger partial charge < -0.3 is 4.74 Å². The molecule has 0 spiro atoms. The largest absolute Gasteiger partial charge is 0.465 e. The Bertz CT molecular complexity index is 501. The van der Waals surface area contributed by atoms with Crippen molar-refractivity contribution in [2.24, 2.45) is 0 Å². The number of methoxy groups -OCH3 is 1. The van der Waals surface area contributed by atoms with E-state index in [0.29, 0.717) is 0 Å². The third kappa shape index (κ3) is 2.38. The molecule has 0 amide bonds. The van der Waals surface area contributed by atoms with Crippen LogP contribution in [0.4, 0.5) is 13.2 Å². The molecular weight excluding hydrogens is 235 g/mol. The molecule has 0 atom stereocenters. The van der Waals surface area contributed by atoms with Gasteiger partial charge in [0.2, 0.25) is 0 Å². The summed E-state index contributed by atoms with van der Waals surface area (Å²) in [5.41, 5.74) is -2.10. The number of ether oxygens (including phenoxy) is 1. The van der Waals surface area contributed by atoms with Crippen LogP contribution >= 0.6 is 0 Å². The second-order valence-corrected chi connectivity index (χ2v) is 3.26. The molecule has 6 heteroatoms. The summed E-state index contributed by atoms with van der Waals surface area (Å²) in [6.45, 7) is 1.15. The van der Waals surface area contributed by atoms with E-state index in [1.165, 1.54) is 0 Å². The monoisotopic (exact) mass is 243 g/mol. The molecule has 1 rings (SSSR count). The van der Waals surface area contributed by atoms with Gasteiger partial charge in [0.15, 0.2) is 0 Å². The predicted molar refractivity (Wildman–Crippen MR) is 52.2 cm³/mol. The first-order valence-corrected chi connectivity index (χ1v) is 4.52. The maximum Gasteiger partial charge on any atom is 0.417 e. The Balaban J connectivity index is 3.60. The molecule has 0 bridgehead atoms. The number of rotatable bonds is 1. The number of carbonyl (C=O) groups is 1. The lowest BCUT2D eigenvalue weighted by Crippen LogP contribution is -2.16. The van der Waals surface area contributed by atoms with Crippen LogP contribution in [0.25, 0.3) is 0 Å². The van der Waals surface area contributed by atoms with Gasteiger partial charge in [0.25, 0.3) is 0 Å². The van der Waals surface area contributed by atoms with Crippen molar-refractivity contribution in [1.29, 1.82) is 5.26 Å². The third-order valence-corrected chi connectivity index (χ3v) is 2.27. The van der Waals surface area contributed by atoms with Gasteiger partial charge in [-0.1, -0.05) is 0 Å². The molecule has 0 unspecified atom stereocenters. The summed E-state index contributed by atoms with van der Waals surface area (Å²) in [5.74, 6) is -1.08. The van der Waals surface area contributed by atoms with Gasteiger partial charge in [0.05, 0.1) is 29.9 Å². The first-order valence-electron chi connectivity index (χ1n) is 4.52. The van der Waals surface area contributed by atoms with Gasteiger partial charge in [-0.05, 0) is 24.6 Å². The lowest BCUT2D eigenvalue weighted by atomic mass is 9.97. The Morgan fingerprint density at radius 3 is 2.41 bits per heavy atom. The van der Waals surface area contributed by atoms with Crippen molar-refractivity contribution in [2.45, 2.75) is 13.1 Å². The second-order valence-electron chi connectivity index (χ2n) is 3.26. The first-order chi connectivity index (χ1) is 7.82. The number of alkyl halides is 3. The summed E-state index contributed by atoms with van der Waals surface area (Å²) in [5, 5.41) is 8.66. The number of esters is 1. The molecule has 0 heterocycles. The summed E-state index contributed by atoms with van der Waals surface area (Å²) >= 11 is 0. The van der Waals surface area contributed by atoms with E-state index in [9.17, 15) is 18.0 Å². The highest BCUT2D eigenvalue weighted by molar-refractivity contribution is 5.92. The van der Waals surface area contributed by atoms with Crippen molar-refractivity contribution in [1.82, 2.24) is 0 Å². The summed E-state index contributed by atoms with van der Waals surface area (Å²) in [6.07, 6.45) is -4.71. The number of hydrogen-bond acceptors (Lipinski definition) is 3. The van der Waals surface area contributed by atoms with Crippen molar-refractivity contribution in [3.8, 4) is 6.07 Å². The number of benzene rings is 1. The van der Waals surface area contributed by atoms with Crippen molar-refractivity contribution in [3.05, 3.63) is 34.4 Å².